The van der Waals surface area contributed by atoms with Crippen LogP contribution in [-0.2, 0) is 13.1 Å². The molecule has 1 aliphatic heterocycles. The largest absolute Gasteiger partial charge is 0.399 e. The van der Waals surface area contributed by atoms with E-state index in [-0.39, 0.29) is 5.91 Å². The molecule has 5 heteroatoms. The number of fused-ring (bicyclic) bond motifs is 2. The summed E-state index contributed by atoms with van der Waals surface area (Å²) >= 11 is 0. The van der Waals surface area contributed by atoms with Crippen LogP contribution in [0.1, 0.15) is 21.7 Å². The molecule has 0 bridgehead atoms. The third kappa shape index (κ3) is 2.36. The highest BCUT2D eigenvalue weighted by Crippen LogP contribution is 2.28. The number of carbonyl (C=O) groups is 1. The first-order valence-corrected chi connectivity index (χ1v) is 7.48. The number of imidazole rings is 1. The topological polar surface area (TPSA) is 64.2 Å². The first kappa shape index (κ1) is 13.6. The highest BCUT2D eigenvalue weighted by Gasteiger charge is 2.25. The van der Waals surface area contributed by atoms with Crippen LogP contribution in [0.25, 0.3) is 0 Å². The van der Waals surface area contributed by atoms with Crippen LogP contribution >= 0.6 is 0 Å². The van der Waals surface area contributed by atoms with E-state index in [0.29, 0.717) is 17.8 Å². The molecule has 1 aliphatic rings. The van der Waals surface area contributed by atoms with E-state index in [9.17, 15) is 4.79 Å². The van der Waals surface area contributed by atoms with Crippen LogP contribution in [0.15, 0.2) is 60.9 Å². The zero-order chi connectivity index (χ0) is 15.8. The Balaban J connectivity index is 1.80. The molecular weight excluding hydrogens is 288 g/mol. The lowest BCUT2D eigenvalue weighted by molar-refractivity contribution is 0.0984. The lowest BCUT2D eigenvalue weighted by Crippen LogP contribution is -2.30. The predicted molar refractivity (Wildman–Crippen MR) is 89.1 cm³/mol. The molecule has 0 unspecified atom stereocenters. The second kappa shape index (κ2) is 5.28. The first-order valence-electron chi connectivity index (χ1n) is 7.48. The van der Waals surface area contributed by atoms with Gasteiger partial charge in [-0.3, -0.25) is 4.79 Å². The molecule has 2 heterocycles. The first-order chi connectivity index (χ1) is 11.2. The number of amides is 1. The predicted octanol–water partition coefficient (Wildman–Crippen LogP) is 2.67. The minimum Gasteiger partial charge on any atom is -0.399 e. The number of nitrogens with two attached hydrogens (primary N) is 1. The Kier molecular flexibility index (Phi) is 3.12. The van der Waals surface area contributed by atoms with Gasteiger partial charge in [0.2, 0.25) is 0 Å². The molecule has 2 N–H and O–H groups in total. The standard InChI is InChI=1S/C18H16N4O/c19-15-7-5-13(6-8-15)18(23)22-12-17-20-9-10-21(17)11-14-3-1-2-4-16(14)22/h1-10H,11-12,19H2. The summed E-state index contributed by atoms with van der Waals surface area (Å²) in [6.45, 7) is 1.17. The lowest BCUT2D eigenvalue weighted by Gasteiger charge is -2.22. The van der Waals surface area contributed by atoms with Crippen molar-refractivity contribution in [1.82, 2.24) is 9.55 Å². The van der Waals surface area contributed by atoms with E-state index >= 15 is 0 Å². The highest BCUT2D eigenvalue weighted by molar-refractivity contribution is 6.06. The molecule has 0 saturated carbocycles. The quantitative estimate of drug-likeness (QED) is 0.703. The van der Waals surface area contributed by atoms with E-state index in [1.165, 1.54) is 0 Å². The zero-order valence-electron chi connectivity index (χ0n) is 12.5. The van der Waals surface area contributed by atoms with Crippen molar-refractivity contribution in [3.05, 3.63) is 77.9 Å². The van der Waals surface area contributed by atoms with Crippen molar-refractivity contribution < 1.29 is 4.79 Å². The van der Waals surface area contributed by atoms with Crippen molar-refractivity contribution in [2.75, 3.05) is 10.6 Å². The SMILES string of the molecule is Nc1ccc(C(=O)N2Cc3nccn3Cc3ccccc32)cc1. The normalized spacial score (nSPS) is 13.1. The molecule has 1 aromatic heterocycles. The van der Waals surface area contributed by atoms with Crippen LogP contribution < -0.4 is 10.6 Å². The number of nitrogens with zero attached hydrogens (tertiary/aromatic N) is 3. The van der Waals surface area contributed by atoms with Gasteiger partial charge in [-0.25, -0.2) is 4.98 Å². The molecule has 0 atom stereocenters. The molecule has 114 valence electrons. The zero-order valence-corrected chi connectivity index (χ0v) is 12.5. The summed E-state index contributed by atoms with van der Waals surface area (Å²) in [5.41, 5.74) is 9.02. The summed E-state index contributed by atoms with van der Waals surface area (Å²) in [4.78, 5) is 19.2. The van der Waals surface area contributed by atoms with Gasteiger partial charge in [0.1, 0.15) is 5.82 Å². The van der Waals surface area contributed by atoms with Crippen LogP contribution in [0, 0.1) is 0 Å². The van der Waals surface area contributed by atoms with Gasteiger partial charge in [-0.15, -0.1) is 0 Å². The Hall–Kier alpha value is -3.08. The van der Waals surface area contributed by atoms with E-state index in [1.807, 2.05) is 30.5 Å². The molecule has 0 saturated heterocycles. The number of carbonyl (C=O) groups excluding carboxylic acids is 1. The third-order valence-electron chi connectivity index (χ3n) is 4.13. The van der Waals surface area contributed by atoms with E-state index in [2.05, 4.69) is 9.55 Å². The Labute approximate surface area is 134 Å². The summed E-state index contributed by atoms with van der Waals surface area (Å²) in [6.07, 6.45) is 3.72. The molecule has 0 spiro atoms. The van der Waals surface area contributed by atoms with Gasteiger partial charge in [-0.2, -0.15) is 0 Å². The van der Waals surface area contributed by atoms with Gasteiger partial charge in [0.25, 0.3) is 5.91 Å². The Bertz CT molecular complexity index is 867. The monoisotopic (exact) mass is 304 g/mol. The molecule has 1 amide bonds. The maximum Gasteiger partial charge on any atom is 0.258 e. The number of nitrogen functional groups attached to an aromatic ring is 1. The number of benzene rings is 2. The molecule has 0 radical (unpaired) electrons. The summed E-state index contributed by atoms with van der Waals surface area (Å²) in [7, 11) is 0. The molecule has 2 aromatic carbocycles. The number of para-hydroxylation sites is 1. The number of aromatic nitrogens is 2. The minimum atomic E-state index is -0.0473. The van der Waals surface area contributed by atoms with Gasteiger partial charge in [-0.1, -0.05) is 18.2 Å². The molecule has 5 nitrogen and oxygen atoms in total. The second-order valence-corrected chi connectivity index (χ2v) is 5.61. The maximum absolute atomic E-state index is 13.0. The Morgan fingerprint density at radius 1 is 1.04 bits per heavy atom. The molecule has 0 aliphatic carbocycles. The van der Waals surface area contributed by atoms with Gasteiger partial charge in [-0.05, 0) is 35.9 Å². The summed E-state index contributed by atoms with van der Waals surface area (Å²) in [5, 5.41) is 0. The molecule has 0 fully saturated rings. The van der Waals surface area contributed by atoms with E-state index in [0.717, 1.165) is 23.6 Å². The fraction of sp³-hybridized carbons (Fsp3) is 0.111. The molecule has 23 heavy (non-hydrogen) atoms. The second-order valence-electron chi connectivity index (χ2n) is 5.61. The Morgan fingerprint density at radius 2 is 1.83 bits per heavy atom. The smallest absolute Gasteiger partial charge is 0.258 e. The van der Waals surface area contributed by atoms with Crippen LogP contribution in [0.2, 0.25) is 0 Å². The van der Waals surface area contributed by atoms with Crippen LogP contribution in [0.5, 0.6) is 0 Å². The highest BCUT2D eigenvalue weighted by atomic mass is 16.2. The van der Waals surface area contributed by atoms with Crippen molar-refractivity contribution in [2.45, 2.75) is 13.1 Å². The van der Waals surface area contributed by atoms with Gasteiger partial charge >= 0.3 is 0 Å². The van der Waals surface area contributed by atoms with E-state index in [4.69, 9.17) is 5.73 Å². The van der Waals surface area contributed by atoms with Gasteiger partial charge in [0.05, 0.1) is 13.1 Å². The third-order valence-corrected chi connectivity index (χ3v) is 4.13. The van der Waals surface area contributed by atoms with E-state index < -0.39 is 0 Å². The van der Waals surface area contributed by atoms with E-state index in [1.54, 1.807) is 35.4 Å². The average molecular weight is 304 g/mol. The van der Waals surface area contributed by atoms with Crippen molar-refractivity contribution in [3.63, 3.8) is 0 Å². The molecule has 4 rings (SSSR count). The van der Waals surface area contributed by atoms with Crippen molar-refractivity contribution in [1.29, 1.82) is 0 Å². The number of anilines is 2. The minimum absolute atomic E-state index is 0.0473. The number of rotatable bonds is 1. The van der Waals surface area contributed by atoms with Gasteiger partial charge in [0.15, 0.2) is 0 Å². The molecule has 3 aromatic rings. The van der Waals surface area contributed by atoms with Crippen molar-refractivity contribution in [2.24, 2.45) is 0 Å². The van der Waals surface area contributed by atoms with Crippen LogP contribution in [0.3, 0.4) is 0 Å². The summed E-state index contributed by atoms with van der Waals surface area (Å²) < 4.78 is 2.08. The fourth-order valence-corrected chi connectivity index (χ4v) is 2.92. The van der Waals surface area contributed by atoms with Crippen molar-refractivity contribution >= 4 is 17.3 Å². The van der Waals surface area contributed by atoms with Crippen LogP contribution in [-0.4, -0.2) is 15.5 Å². The number of hydrogen-bond donors (Lipinski definition) is 1. The fourth-order valence-electron chi connectivity index (χ4n) is 2.92. The van der Waals surface area contributed by atoms with Crippen LogP contribution in [0.4, 0.5) is 11.4 Å². The van der Waals surface area contributed by atoms with Gasteiger partial charge < -0.3 is 15.2 Å². The lowest BCUT2D eigenvalue weighted by atomic mass is 10.1. The molecular formula is C18H16N4O. The maximum atomic E-state index is 13.0. The Morgan fingerprint density at radius 3 is 2.65 bits per heavy atom. The number of hydrogen-bond acceptors (Lipinski definition) is 3. The summed E-state index contributed by atoms with van der Waals surface area (Å²) in [5.74, 6) is 0.832. The average Bonchev–Trinajstić information content (AvgIpc) is 2.94. The van der Waals surface area contributed by atoms with Gasteiger partial charge in [0, 0.05) is 29.3 Å². The van der Waals surface area contributed by atoms with Crippen molar-refractivity contribution in [3.8, 4) is 0 Å². The summed E-state index contributed by atoms with van der Waals surface area (Å²) in [6, 6.07) is 15.0.